The number of rotatable bonds is 8. The molecule has 2 N–H and O–H groups in total. The third kappa shape index (κ3) is 3.44. The number of ketones is 1. The second kappa shape index (κ2) is 7.50. The van der Waals surface area contributed by atoms with Gasteiger partial charge in [-0.25, -0.2) is 9.89 Å². The van der Waals surface area contributed by atoms with Crippen molar-refractivity contribution in [3.8, 4) is 0 Å². The molecule has 3 aromatic rings. The Bertz CT molecular complexity index is 896. The van der Waals surface area contributed by atoms with Gasteiger partial charge in [0.2, 0.25) is 0 Å². The van der Waals surface area contributed by atoms with Crippen LogP contribution < -0.4 is 5.69 Å². The van der Waals surface area contributed by atoms with Crippen molar-refractivity contribution in [2.45, 2.75) is 18.1 Å². The first kappa shape index (κ1) is 16.5. The summed E-state index contributed by atoms with van der Waals surface area (Å²) in [4.78, 5) is 27.4. The van der Waals surface area contributed by atoms with E-state index in [0.717, 1.165) is 10.9 Å². The highest BCUT2D eigenvalue weighted by Gasteiger charge is 2.15. The van der Waals surface area contributed by atoms with E-state index in [1.54, 1.807) is 13.3 Å². The number of nitrogens with zero attached hydrogens (tertiary/aromatic N) is 2. The number of hydrogen-bond donors (Lipinski definition) is 2. The van der Waals surface area contributed by atoms with E-state index >= 15 is 0 Å². The molecule has 0 saturated heterocycles. The SMILES string of the molecule is COCCCn1c(SCC(=O)c2c[nH]c3ccccc23)n[nH]c1=O. The number of H-pyrrole nitrogens is 2. The Morgan fingerprint density at radius 2 is 2.21 bits per heavy atom. The average Bonchev–Trinajstić information content (AvgIpc) is 3.17. The van der Waals surface area contributed by atoms with Gasteiger partial charge in [-0.15, -0.1) is 5.10 Å². The lowest BCUT2D eigenvalue weighted by Crippen LogP contribution is -2.18. The number of hydrogen-bond acceptors (Lipinski definition) is 5. The summed E-state index contributed by atoms with van der Waals surface area (Å²) in [5, 5.41) is 7.85. The number of ether oxygens (including phenoxy) is 1. The van der Waals surface area contributed by atoms with E-state index in [1.807, 2.05) is 24.3 Å². The molecule has 2 aromatic heterocycles. The van der Waals surface area contributed by atoms with Gasteiger partial charge < -0.3 is 9.72 Å². The number of para-hydroxylation sites is 1. The fourth-order valence-corrected chi connectivity index (χ4v) is 3.34. The Kier molecular flexibility index (Phi) is 5.17. The molecule has 0 amide bonds. The minimum absolute atomic E-state index is 0.00339. The summed E-state index contributed by atoms with van der Waals surface area (Å²) in [5.41, 5.74) is 1.32. The number of benzene rings is 1. The Morgan fingerprint density at radius 1 is 1.38 bits per heavy atom. The van der Waals surface area contributed by atoms with Crippen LogP contribution in [-0.4, -0.2) is 45.0 Å². The number of carbonyl (C=O) groups excluding carboxylic acids is 1. The second-order valence-corrected chi connectivity index (χ2v) is 6.21. The highest BCUT2D eigenvalue weighted by molar-refractivity contribution is 7.99. The van der Waals surface area contributed by atoms with Crippen LogP contribution >= 0.6 is 11.8 Å². The molecule has 8 heteroatoms. The van der Waals surface area contributed by atoms with E-state index in [-0.39, 0.29) is 17.2 Å². The lowest BCUT2D eigenvalue weighted by Gasteiger charge is -2.04. The molecule has 7 nitrogen and oxygen atoms in total. The van der Waals surface area contributed by atoms with Crippen molar-refractivity contribution in [1.82, 2.24) is 19.7 Å². The van der Waals surface area contributed by atoms with Gasteiger partial charge in [-0.05, 0) is 12.5 Å². The van der Waals surface area contributed by atoms with Crippen molar-refractivity contribution < 1.29 is 9.53 Å². The van der Waals surface area contributed by atoms with Crippen molar-refractivity contribution in [1.29, 1.82) is 0 Å². The third-order valence-corrected chi connectivity index (χ3v) is 4.65. The Labute approximate surface area is 142 Å². The first-order valence-corrected chi connectivity index (χ1v) is 8.55. The molecule has 126 valence electrons. The number of aromatic nitrogens is 4. The summed E-state index contributed by atoms with van der Waals surface area (Å²) in [6, 6.07) is 7.67. The highest BCUT2D eigenvalue weighted by atomic mass is 32.2. The van der Waals surface area contributed by atoms with Gasteiger partial charge in [-0.1, -0.05) is 30.0 Å². The Morgan fingerprint density at radius 3 is 3.04 bits per heavy atom. The average molecular weight is 346 g/mol. The number of thioether (sulfide) groups is 1. The first-order valence-electron chi connectivity index (χ1n) is 7.57. The van der Waals surface area contributed by atoms with Gasteiger partial charge in [0.15, 0.2) is 10.9 Å². The number of fused-ring (bicyclic) bond motifs is 1. The van der Waals surface area contributed by atoms with Crippen LogP contribution in [0.25, 0.3) is 10.9 Å². The van der Waals surface area contributed by atoms with Gasteiger partial charge in [0.05, 0.1) is 5.75 Å². The van der Waals surface area contributed by atoms with E-state index in [1.165, 1.54) is 16.3 Å². The van der Waals surface area contributed by atoms with E-state index in [0.29, 0.717) is 30.3 Å². The fraction of sp³-hybridized carbons (Fsp3) is 0.312. The largest absolute Gasteiger partial charge is 0.385 e. The zero-order chi connectivity index (χ0) is 16.9. The number of methoxy groups -OCH3 is 1. The standard InChI is InChI=1S/C16H18N4O3S/c1-23-8-4-7-20-15(22)18-19-16(20)24-10-14(21)12-9-17-13-6-3-2-5-11(12)13/h2-3,5-6,9,17H,4,7-8,10H2,1H3,(H,18,22). The summed E-state index contributed by atoms with van der Waals surface area (Å²) in [6.45, 7) is 1.07. The maximum atomic E-state index is 12.5. The molecule has 0 atom stereocenters. The van der Waals surface area contributed by atoms with Crippen LogP contribution in [0.3, 0.4) is 0 Å². The van der Waals surface area contributed by atoms with Crippen molar-refractivity contribution in [3.05, 3.63) is 46.5 Å². The Hall–Kier alpha value is -2.32. The summed E-state index contributed by atoms with van der Waals surface area (Å²) >= 11 is 1.26. The van der Waals surface area contributed by atoms with Gasteiger partial charge in [0.25, 0.3) is 0 Å². The molecule has 3 rings (SSSR count). The molecule has 0 unspecified atom stereocenters. The topological polar surface area (TPSA) is 92.8 Å². The van der Waals surface area contributed by atoms with Crippen LogP contribution in [0.5, 0.6) is 0 Å². The maximum Gasteiger partial charge on any atom is 0.343 e. The second-order valence-electron chi connectivity index (χ2n) is 5.27. The van der Waals surface area contributed by atoms with Crippen LogP contribution in [0, 0.1) is 0 Å². The summed E-state index contributed by atoms with van der Waals surface area (Å²) in [7, 11) is 1.62. The molecule has 0 fully saturated rings. The summed E-state index contributed by atoms with van der Waals surface area (Å²) in [6.07, 6.45) is 2.43. The normalized spacial score (nSPS) is 11.2. The minimum Gasteiger partial charge on any atom is -0.385 e. The van der Waals surface area contributed by atoms with E-state index < -0.39 is 0 Å². The molecule has 0 spiro atoms. The van der Waals surface area contributed by atoms with Crippen molar-refractivity contribution >= 4 is 28.4 Å². The van der Waals surface area contributed by atoms with Crippen LogP contribution in [0.15, 0.2) is 40.4 Å². The van der Waals surface area contributed by atoms with Crippen molar-refractivity contribution in [2.75, 3.05) is 19.5 Å². The molecule has 24 heavy (non-hydrogen) atoms. The molecular formula is C16H18N4O3S. The smallest absolute Gasteiger partial charge is 0.343 e. The van der Waals surface area contributed by atoms with Gasteiger partial charge in [-0.3, -0.25) is 9.36 Å². The predicted molar refractivity (Wildman–Crippen MR) is 92.7 cm³/mol. The number of aromatic amines is 2. The first-order chi connectivity index (χ1) is 11.7. The van der Waals surface area contributed by atoms with Crippen molar-refractivity contribution in [3.63, 3.8) is 0 Å². The van der Waals surface area contributed by atoms with Gasteiger partial charge in [-0.2, -0.15) is 0 Å². The fourth-order valence-electron chi connectivity index (χ4n) is 2.49. The molecule has 0 aliphatic carbocycles. The maximum absolute atomic E-state index is 12.5. The van der Waals surface area contributed by atoms with Gasteiger partial charge in [0.1, 0.15) is 0 Å². The molecule has 0 bridgehead atoms. The predicted octanol–water partition coefficient (Wildman–Crippen LogP) is 2.06. The van der Waals surface area contributed by atoms with Crippen LogP contribution in [0.2, 0.25) is 0 Å². The summed E-state index contributed by atoms with van der Waals surface area (Å²) in [5.74, 6) is 0.215. The van der Waals surface area contributed by atoms with Gasteiger partial charge >= 0.3 is 5.69 Å². The minimum atomic E-state index is -0.270. The molecule has 2 heterocycles. The van der Waals surface area contributed by atoms with Crippen LogP contribution in [0.1, 0.15) is 16.8 Å². The van der Waals surface area contributed by atoms with E-state index in [9.17, 15) is 9.59 Å². The van der Waals surface area contributed by atoms with Crippen LogP contribution in [0.4, 0.5) is 0 Å². The monoisotopic (exact) mass is 346 g/mol. The molecular weight excluding hydrogens is 328 g/mol. The summed E-state index contributed by atoms with van der Waals surface area (Å²) < 4.78 is 6.53. The molecule has 0 aliphatic heterocycles. The zero-order valence-corrected chi connectivity index (χ0v) is 14.1. The lowest BCUT2D eigenvalue weighted by atomic mass is 10.1. The quantitative estimate of drug-likeness (QED) is 0.370. The lowest BCUT2D eigenvalue weighted by molar-refractivity contribution is 0.102. The number of nitrogens with one attached hydrogen (secondary N) is 2. The highest BCUT2D eigenvalue weighted by Crippen LogP contribution is 2.21. The van der Waals surface area contributed by atoms with Gasteiger partial charge in [0, 0.05) is 42.9 Å². The third-order valence-electron chi connectivity index (χ3n) is 3.68. The van der Waals surface area contributed by atoms with E-state index in [2.05, 4.69) is 15.2 Å². The molecule has 0 radical (unpaired) electrons. The molecule has 0 saturated carbocycles. The number of carbonyl (C=O) groups is 1. The number of Topliss-reactive ketones (excluding diaryl/α,β-unsaturated/α-hetero) is 1. The van der Waals surface area contributed by atoms with E-state index in [4.69, 9.17) is 4.74 Å². The molecule has 1 aromatic carbocycles. The van der Waals surface area contributed by atoms with Crippen LogP contribution in [-0.2, 0) is 11.3 Å². The van der Waals surface area contributed by atoms with Crippen molar-refractivity contribution in [2.24, 2.45) is 0 Å². The zero-order valence-electron chi connectivity index (χ0n) is 13.2. The molecule has 0 aliphatic rings. The Balaban J connectivity index is 1.69.